The number of aldehydes is 1. The van der Waals surface area contributed by atoms with Crippen molar-refractivity contribution < 1.29 is 19.1 Å². The van der Waals surface area contributed by atoms with Crippen molar-refractivity contribution in [2.45, 2.75) is 52.6 Å². The Kier molecular flexibility index (Phi) is 15.1. The van der Waals surface area contributed by atoms with Gasteiger partial charge in [-0.05, 0) is 94.3 Å². The Bertz CT molecular complexity index is 2220. The number of allylic oxidation sites excluding steroid dienone is 7. The van der Waals surface area contributed by atoms with Gasteiger partial charge in [0.05, 0.1) is 42.0 Å². The number of furan rings is 1. The number of nitriles is 1. The van der Waals surface area contributed by atoms with Gasteiger partial charge in [-0.1, -0.05) is 35.9 Å². The molecule has 2 aromatic heterocycles. The molecule has 2 aromatic carbocycles. The molecule has 0 bridgehead atoms. The lowest BCUT2D eigenvalue weighted by molar-refractivity contribution is -0.105. The van der Waals surface area contributed by atoms with Crippen molar-refractivity contribution >= 4 is 46.4 Å². The number of nitrogens with zero attached hydrogens (tertiary/aromatic N) is 6. The summed E-state index contributed by atoms with van der Waals surface area (Å²) in [7, 11) is 4.02. The average molecular weight is 757 g/mol. The van der Waals surface area contributed by atoms with E-state index in [2.05, 4.69) is 80.5 Å². The summed E-state index contributed by atoms with van der Waals surface area (Å²) in [6, 6.07) is 14.0. The number of carbonyl (C=O) groups is 1. The van der Waals surface area contributed by atoms with E-state index in [4.69, 9.17) is 24.5 Å². The molecule has 1 aliphatic carbocycles. The van der Waals surface area contributed by atoms with Crippen LogP contribution in [0.4, 0.5) is 5.69 Å². The van der Waals surface area contributed by atoms with Crippen LogP contribution in [0.5, 0.6) is 0 Å². The highest BCUT2D eigenvalue weighted by atomic mass is 16.5. The van der Waals surface area contributed by atoms with Crippen molar-refractivity contribution in [2.24, 2.45) is 23.1 Å². The number of hydrazone groups is 1. The Morgan fingerprint density at radius 1 is 1.18 bits per heavy atom. The van der Waals surface area contributed by atoms with Crippen LogP contribution in [0.25, 0.3) is 22.0 Å². The quantitative estimate of drug-likeness (QED) is 0.0507. The maximum Gasteiger partial charge on any atom is 0.146 e. The lowest BCUT2D eigenvalue weighted by Gasteiger charge is -2.25. The lowest BCUT2D eigenvalue weighted by atomic mass is 9.90. The van der Waals surface area contributed by atoms with Gasteiger partial charge in [-0.3, -0.25) is 20.1 Å². The maximum absolute atomic E-state index is 10.5. The van der Waals surface area contributed by atoms with E-state index in [0.29, 0.717) is 18.0 Å². The molecular formula is C44H52N8O4. The van der Waals surface area contributed by atoms with Gasteiger partial charge < -0.3 is 24.1 Å². The lowest BCUT2D eigenvalue weighted by Crippen LogP contribution is -2.29. The predicted octanol–water partition coefficient (Wildman–Crippen LogP) is 7.98. The number of aryl methyl sites for hydroxylation is 2. The molecule has 1 saturated heterocycles. The molecule has 0 saturated carbocycles. The number of fused-ring (bicyclic) bond motifs is 3. The maximum atomic E-state index is 10.5. The van der Waals surface area contributed by atoms with E-state index in [-0.39, 0.29) is 0 Å². The summed E-state index contributed by atoms with van der Waals surface area (Å²) in [5.41, 5.74) is 13.1. The van der Waals surface area contributed by atoms with Gasteiger partial charge in [-0.25, -0.2) is 4.98 Å². The Hall–Kier alpha value is -6.03. The van der Waals surface area contributed by atoms with E-state index >= 15 is 0 Å². The minimum atomic E-state index is 0.315. The third-order valence-electron chi connectivity index (χ3n) is 9.91. The van der Waals surface area contributed by atoms with E-state index in [1.807, 2.05) is 51.3 Å². The number of nitrogens with one attached hydrogen (secondary N) is 2. The Morgan fingerprint density at radius 3 is 2.64 bits per heavy atom. The number of rotatable bonds is 9. The fraction of sp³-hybridized carbons (Fsp3) is 0.341. The van der Waals surface area contributed by atoms with Gasteiger partial charge in [-0.2, -0.15) is 10.4 Å². The van der Waals surface area contributed by atoms with Crippen molar-refractivity contribution in [3.8, 4) is 6.07 Å². The first-order valence-electron chi connectivity index (χ1n) is 18.9. The number of carbonyl (C=O) groups excluding carboxylic acids is 1. The summed E-state index contributed by atoms with van der Waals surface area (Å²) in [4.78, 5) is 21.6. The second kappa shape index (κ2) is 20.6. The summed E-state index contributed by atoms with van der Waals surface area (Å²) < 4.78 is 12.5. The zero-order valence-corrected chi connectivity index (χ0v) is 32.8. The fourth-order valence-corrected chi connectivity index (χ4v) is 6.50. The van der Waals surface area contributed by atoms with Gasteiger partial charge in [0.2, 0.25) is 0 Å². The van der Waals surface area contributed by atoms with Gasteiger partial charge >= 0.3 is 0 Å². The van der Waals surface area contributed by atoms with E-state index in [1.54, 1.807) is 12.1 Å². The number of ether oxygens (including phenoxy) is 1. The number of aliphatic hydroxyl groups is 1. The summed E-state index contributed by atoms with van der Waals surface area (Å²) in [6.45, 7) is 12.7. The molecule has 5 heterocycles. The van der Waals surface area contributed by atoms with E-state index in [1.165, 1.54) is 17.5 Å². The number of hydrogen-bond acceptors (Lipinski definition) is 11. The number of aliphatic imine (C=N–C) groups is 1. The van der Waals surface area contributed by atoms with Crippen molar-refractivity contribution in [2.75, 3.05) is 38.7 Å². The van der Waals surface area contributed by atoms with Crippen LogP contribution in [0.15, 0.2) is 110 Å². The number of benzene rings is 2. The number of aromatic nitrogens is 2. The summed E-state index contributed by atoms with van der Waals surface area (Å²) in [6.07, 6.45) is 17.8. The zero-order valence-electron chi connectivity index (χ0n) is 32.8. The Balaban J connectivity index is 0.000000163. The van der Waals surface area contributed by atoms with Crippen LogP contribution in [-0.4, -0.2) is 71.6 Å². The molecule has 4 aliphatic rings. The standard InChI is InChI=1S/C20H26N4O.C12H10N2O.C9H10N2O.C3H6O/c1-21-17-7-8-19-18(14-17)22-20(23(19)2)15-24-11-9-16(10-12-24)6-4-3-5-13-25;1-8-5-11-9(6-13)3-4-10(7-14-2)12(11)15-8;1-6-8-4-7(5-12)2-3-9(8)11-10-6;1-2-4-3-1/h3-5,7-9,13-14,21,25H,6,10-12,15H2,1-2H3;3-5H,2,7H2,1H3;2-3,5,8,11H,4H2,1H3;1-3H2/b4-3-,13-5+;;;. The minimum Gasteiger partial charge on any atom is -0.516 e. The molecule has 1 atom stereocenters. The first-order valence-corrected chi connectivity index (χ1v) is 18.9. The molecule has 1 unspecified atom stereocenters. The van der Waals surface area contributed by atoms with Gasteiger partial charge in [0.15, 0.2) is 0 Å². The highest BCUT2D eigenvalue weighted by molar-refractivity contribution is 5.91. The molecule has 292 valence electrons. The molecule has 1 fully saturated rings. The van der Waals surface area contributed by atoms with Crippen LogP contribution in [0.3, 0.4) is 0 Å². The SMILES string of the molecule is C1COC1.C=NCc1ccc(C#N)c2cc(C)oc12.CC1=NNC2=CC=C(C=O)CC21.CNc1ccc2c(c1)nc(CN1CC=C(C/C=C\C=C\O)CC1)n2C. The van der Waals surface area contributed by atoms with Crippen molar-refractivity contribution in [1.29, 1.82) is 5.26 Å². The monoisotopic (exact) mass is 756 g/mol. The first kappa shape index (κ1) is 41.1. The smallest absolute Gasteiger partial charge is 0.146 e. The van der Waals surface area contributed by atoms with Gasteiger partial charge in [0.1, 0.15) is 23.5 Å². The number of anilines is 1. The number of imidazole rings is 1. The molecule has 8 rings (SSSR count). The largest absolute Gasteiger partial charge is 0.516 e. The molecule has 12 heteroatoms. The highest BCUT2D eigenvalue weighted by Crippen LogP contribution is 2.28. The molecule has 3 N–H and O–H groups in total. The van der Waals surface area contributed by atoms with Gasteiger partial charge in [-0.15, -0.1) is 0 Å². The molecule has 12 nitrogen and oxygen atoms in total. The Morgan fingerprint density at radius 2 is 1.98 bits per heavy atom. The first-order chi connectivity index (χ1) is 27.3. The van der Waals surface area contributed by atoms with Crippen LogP contribution in [-0.2, 0) is 29.7 Å². The summed E-state index contributed by atoms with van der Waals surface area (Å²) >= 11 is 0. The van der Waals surface area contributed by atoms with E-state index < -0.39 is 0 Å². The Labute approximate surface area is 328 Å². The number of hydrogen-bond donors (Lipinski definition) is 3. The van der Waals surface area contributed by atoms with Crippen LogP contribution < -0.4 is 10.7 Å². The van der Waals surface area contributed by atoms with Gasteiger partial charge in [0, 0.05) is 74.4 Å². The topological polar surface area (TPSA) is 153 Å². The van der Waals surface area contributed by atoms with Crippen LogP contribution in [0.1, 0.15) is 55.3 Å². The molecule has 56 heavy (non-hydrogen) atoms. The van der Waals surface area contributed by atoms with E-state index in [0.717, 1.165) is 121 Å². The second-order valence-corrected chi connectivity index (χ2v) is 13.8. The summed E-state index contributed by atoms with van der Waals surface area (Å²) in [5.74, 6) is 2.22. The van der Waals surface area contributed by atoms with Gasteiger partial charge in [0.25, 0.3) is 0 Å². The van der Waals surface area contributed by atoms with Crippen LogP contribution >= 0.6 is 0 Å². The average Bonchev–Trinajstić information content (AvgIpc) is 3.87. The van der Waals surface area contributed by atoms with Crippen molar-refractivity contribution in [3.05, 3.63) is 119 Å². The predicted molar refractivity (Wildman–Crippen MR) is 225 cm³/mol. The van der Waals surface area contributed by atoms with Crippen molar-refractivity contribution in [3.63, 3.8) is 0 Å². The molecule has 4 aromatic rings. The zero-order chi connectivity index (χ0) is 39.9. The minimum absolute atomic E-state index is 0.315. The fourth-order valence-electron chi connectivity index (χ4n) is 6.50. The normalized spacial score (nSPS) is 17.3. The second-order valence-electron chi connectivity index (χ2n) is 13.8. The van der Waals surface area contributed by atoms with Crippen LogP contribution in [0, 0.1) is 24.2 Å². The molecule has 0 spiro atoms. The third-order valence-corrected chi connectivity index (χ3v) is 9.91. The van der Waals surface area contributed by atoms with Crippen molar-refractivity contribution in [1.82, 2.24) is 19.9 Å². The number of aliphatic hydroxyl groups excluding tert-OH is 1. The summed E-state index contributed by atoms with van der Waals surface area (Å²) in [5, 5.41) is 25.7. The third kappa shape index (κ3) is 10.8. The van der Waals surface area contributed by atoms with Crippen LogP contribution in [0.2, 0.25) is 0 Å². The molecular weight excluding hydrogens is 705 g/mol. The highest BCUT2D eigenvalue weighted by Gasteiger charge is 2.26. The van der Waals surface area contributed by atoms with E-state index in [9.17, 15) is 4.79 Å². The molecule has 0 amide bonds. The molecule has 0 radical (unpaired) electrons. The molecule has 3 aliphatic heterocycles.